The summed E-state index contributed by atoms with van der Waals surface area (Å²) in [7, 11) is 0. The quantitative estimate of drug-likeness (QED) is 0.723. The van der Waals surface area contributed by atoms with E-state index in [0.29, 0.717) is 0 Å². The summed E-state index contributed by atoms with van der Waals surface area (Å²) in [4.78, 5) is 2.47. The van der Waals surface area contributed by atoms with Crippen LogP contribution in [0.1, 0.15) is 45.1 Å². The zero-order valence-electron chi connectivity index (χ0n) is 11.5. The van der Waals surface area contributed by atoms with Crippen molar-refractivity contribution in [2.24, 2.45) is 0 Å². The van der Waals surface area contributed by atoms with Crippen LogP contribution in [-0.2, 0) is 0 Å². The highest BCUT2D eigenvalue weighted by molar-refractivity contribution is 5.58. The number of hydrogen-bond acceptors (Lipinski definition) is 2. The second-order valence-corrected chi connectivity index (χ2v) is 4.80. The molecular formula is C15H26N2. The number of unbranched alkanes of at least 4 members (excludes halogenated alkanes) is 2. The Morgan fingerprint density at radius 2 is 1.59 bits per heavy atom. The molecule has 2 heteroatoms. The minimum absolute atomic E-state index is 0.873. The van der Waals surface area contributed by atoms with Crippen LogP contribution in [0.2, 0.25) is 0 Å². The first-order valence-electron chi connectivity index (χ1n) is 6.79. The molecule has 0 saturated heterocycles. The van der Waals surface area contributed by atoms with Gasteiger partial charge in [-0.25, -0.2) is 0 Å². The first-order valence-corrected chi connectivity index (χ1v) is 6.79. The van der Waals surface area contributed by atoms with Crippen LogP contribution in [-0.4, -0.2) is 13.1 Å². The van der Waals surface area contributed by atoms with Gasteiger partial charge in [0.15, 0.2) is 0 Å². The molecule has 0 aromatic heterocycles. The summed E-state index contributed by atoms with van der Waals surface area (Å²) in [5.41, 5.74) is 9.33. The standard InChI is InChI=1S/C15H26N2/c1-4-6-8-17(9-7-5-2)15-11-13(3)10-14(16)12-15/h10-12H,4-9,16H2,1-3H3. The highest BCUT2D eigenvalue weighted by atomic mass is 15.1. The third kappa shape index (κ3) is 4.68. The SMILES string of the molecule is CCCCN(CCCC)c1cc(C)cc(N)c1. The van der Waals surface area contributed by atoms with Crippen molar-refractivity contribution in [1.29, 1.82) is 0 Å². The van der Waals surface area contributed by atoms with Gasteiger partial charge in [-0.05, 0) is 43.5 Å². The van der Waals surface area contributed by atoms with Gasteiger partial charge in [0.05, 0.1) is 0 Å². The summed E-state index contributed by atoms with van der Waals surface area (Å²) < 4.78 is 0. The van der Waals surface area contributed by atoms with E-state index >= 15 is 0 Å². The monoisotopic (exact) mass is 234 g/mol. The van der Waals surface area contributed by atoms with E-state index in [0.717, 1.165) is 18.8 Å². The van der Waals surface area contributed by atoms with Crippen molar-refractivity contribution in [1.82, 2.24) is 0 Å². The Morgan fingerprint density at radius 1 is 1.00 bits per heavy atom. The molecule has 0 atom stereocenters. The van der Waals surface area contributed by atoms with Crippen molar-refractivity contribution in [3.8, 4) is 0 Å². The number of nitrogens with zero attached hydrogens (tertiary/aromatic N) is 1. The first kappa shape index (κ1) is 13.9. The fourth-order valence-corrected chi connectivity index (χ4v) is 2.04. The molecule has 1 rings (SSSR count). The molecule has 0 spiro atoms. The molecule has 2 N–H and O–H groups in total. The van der Waals surface area contributed by atoms with Crippen LogP contribution in [0.4, 0.5) is 11.4 Å². The summed E-state index contributed by atoms with van der Waals surface area (Å²) in [5, 5.41) is 0. The predicted molar refractivity (Wildman–Crippen MR) is 77.6 cm³/mol. The number of aryl methyl sites for hydroxylation is 1. The van der Waals surface area contributed by atoms with Crippen molar-refractivity contribution in [2.45, 2.75) is 46.5 Å². The molecule has 0 aliphatic heterocycles. The van der Waals surface area contributed by atoms with Gasteiger partial charge < -0.3 is 10.6 Å². The molecule has 96 valence electrons. The molecule has 0 unspecified atom stereocenters. The summed E-state index contributed by atoms with van der Waals surface area (Å²) in [5.74, 6) is 0. The fraction of sp³-hybridized carbons (Fsp3) is 0.600. The van der Waals surface area contributed by atoms with Crippen LogP contribution in [0.25, 0.3) is 0 Å². The molecule has 0 fully saturated rings. The lowest BCUT2D eigenvalue weighted by Crippen LogP contribution is -2.25. The maximum absolute atomic E-state index is 5.93. The van der Waals surface area contributed by atoms with Gasteiger partial charge in [-0.1, -0.05) is 26.7 Å². The van der Waals surface area contributed by atoms with Crippen LogP contribution in [0, 0.1) is 6.92 Å². The van der Waals surface area contributed by atoms with Crippen molar-refractivity contribution < 1.29 is 0 Å². The van der Waals surface area contributed by atoms with Gasteiger partial charge >= 0.3 is 0 Å². The lowest BCUT2D eigenvalue weighted by atomic mass is 10.1. The Hall–Kier alpha value is -1.18. The largest absolute Gasteiger partial charge is 0.399 e. The Kier molecular flexibility index (Phi) is 5.88. The fourth-order valence-electron chi connectivity index (χ4n) is 2.04. The third-order valence-electron chi connectivity index (χ3n) is 3.01. The van der Waals surface area contributed by atoms with Gasteiger partial charge in [-0.15, -0.1) is 0 Å². The normalized spacial score (nSPS) is 10.5. The summed E-state index contributed by atoms with van der Waals surface area (Å²) in [6.45, 7) is 8.86. The molecule has 0 aliphatic rings. The maximum Gasteiger partial charge on any atom is 0.0389 e. The van der Waals surface area contributed by atoms with E-state index in [9.17, 15) is 0 Å². The van der Waals surface area contributed by atoms with E-state index in [-0.39, 0.29) is 0 Å². The molecule has 0 saturated carbocycles. The molecule has 0 bridgehead atoms. The molecule has 1 aromatic rings. The predicted octanol–water partition coefficient (Wildman–Crippen LogP) is 3.98. The Morgan fingerprint density at radius 3 is 2.06 bits per heavy atom. The molecule has 0 amide bonds. The smallest absolute Gasteiger partial charge is 0.0389 e. The summed E-state index contributed by atoms with van der Waals surface area (Å²) in [6.07, 6.45) is 4.98. The van der Waals surface area contributed by atoms with E-state index in [1.807, 2.05) is 6.07 Å². The number of nitrogens with two attached hydrogens (primary N) is 1. The molecule has 2 nitrogen and oxygen atoms in total. The zero-order chi connectivity index (χ0) is 12.7. The van der Waals surface area contributed by atoms with E-state index < -0.39 is 0 Å². The van der Waals surface area contributed by atoms with Crippen LogP contribution in [0.3, 0.4) is 0 Å². The molecule has 0 heterocycles. The van der Waals surface area contributed by atoms with E-state index in [1.165, 1.54) is 36.9 Å². The van der Waals surface area contributed by atoms with Crippen molar-refractivity contribution >= 4 is 11.4 Å². The Labute approximate surface area is 106 Å². The highest BCUT2D eigenvalue weighted by Gasteiger charge is 2.06. The zero-order valence-corrected chi connectivity index (χ0v) is 11.5. The van der Waals surface area contributed by atoms with Crippen molar-refractivity contribution in [2.75, 3.05) is 23.7 Å². The lowest BCUT2D eigenvalue weighted by Gasteiger charge is -2.25. The van der Waals surface area contributed by atoms with Gasteiger partial charge in [0.25, 0.3) is 0 Å². The van der Waals surface area contributed by atoms with Gasteiger partial charge in [-0.2, -0.15) is 0 Å². The van der Waals surface area contributed by atoms with Crippen molar-refractivity contribution in [3.63, 3.8) is 0 Å². The number of anilines is 2. The molecule has 0 radical (unpaired) electrons. The summed E-state index contributed by atoms with van der Waals surface area (Å²) in [6, 6.07) is 6.36. The average molecular weight is 234 g/mol. The Bertz CT molecular complexity index is 305. The Balaban J connectivity index is 2.78. The second kappa shape index (κ2) is 7.21. The van der Waals surface area contributed by atoms with Crippen LogP contribution < -0.4 is 10.6 Å². The number of rotatable bonds is 7. The lowest BCUT2D eigenvalue weighted by molar-refractivity contribution is 0.678. The van der Waals surface area contributed by atoms with Crippen LogP contribution in [0.15, 0.2) is 18.2 Å². The number of hydrogen-bond donors (Lipinski definition) is 1. The molecule has 17 heavy (non-hydrogen) atoms. The number of benzene rings is 1. The first-order chi connectivity index (χ1) is 8.17. The highest BCUT2D eigenvalue weighted by Crippen LogP contribution is 2.21. The van der Waals surface area contributed by atoms with Crippen LogP contribution in [0.5, 0.6) is 0 Å². The summed E-state index contributed by atoms with van der Waals surface area (Å²) >= 11 is 0. The molecule has 1 aromatic carbocycles. The van der Waals surface area contributed by atoms with E-state index in [1.54, 1.807) is 0 Å². The molecular weight excluding hydrogens is 208 g/mol. The van der Waals surface area contributed by atoms with Gasteiger partial charge in [0, 0.05) is 24.5 Å². The van der Waals surface area contributed by atoms with Crippen molar-refractivity contribution in [3.05, 3.63) is 23.8 Å². The minimum atomic E-state index is 0.873. The van der Waals surface area contributed by atoms with E-state index in [2.05, 4.69) is 37.8 Å². The minimum Gasteiger partial charge on any atom is -0.399 e. The van der Waals surface area contributed by atoms with Gasteiger partial charge in [0.2, 0.25) is 0 Å². The average Bonchev–Trinajstić information content (AvgIpc) is 2.28. The number of nitrogen functional groups attached to an aromatic ring is 1. The van der Waals surface area contributed by atoms with Gasteiger partial charge in [0.1, 0.15) is 0 Å². The van der Waals surface area contributed by atoms with E-state index in [4.69, 9.17) is 5.73 Å². The maximum atomic E-state index is 5.93. The second-order valence-electron chi connectivity index (χ2n) is 4.80. The van der Waals surface area contributed by atoms with Gasteiger partial charge in [-0.3, -0.25) is 0 Å². The topological polar surface area (TPSA) is 29.3 Å². The molecule has 0 aliphatic carbocycles. The van der Waals surface area contributed by atoms with Crippen LogP contribution >= 0.6 is 0 Å². The third-order valence-corrected chi connectivity index (χ3v) is 3.01.